The van der Waals surface area contributed by atoms with Crippen LogP contribution in [0.1, 0.15) is 83.1 Å². The van der Waals surface area contributed by atoms with Gasteiger partial charge in [0, 0.05) is 50.3 Å². The van der Waals surface area contributed by atoms with Crippen LogP contribution in [0.2, 0.25) is 0 Å². The number of ether oxygens (including phenoxy) is 2. The molecule has 0 unspecified atom stereocenters. The molecule has 2 N–H and O–H groups in total. The highest BCUT2D eigenvalue weighted by Gasteiger charge is 2.32. The Kier molecular flexibility index (Phi) is 11.7. The Balaban J connectivity index is 1.54. The maximum Gasteiger partial charge on any atom is 0.409 e. The fourth-order valence-corrected chi connectivity index (χ4v) is 5.50. The van der Waals surface area contributed by atoms with Crippen molar-refractivity contribution in [3.8, 4) is 11.4 Å². The molecule has 4 rings (SSSR count). The fraction of sp³-hybridized carbons (Fsp3) is 0.576. The highest BCUT2D eigenvalue weighted by atomic mass is 16.6. The monoisotopic (exact) mass is 622 g/mol. The van der Waals surface area contributed by atoms with Crippen LogP contribution >= 0.6 is 0 Å². The van der Waals surface area contributed by atoms with Gasteiger partial charge in [-0.3, -0.25) is 14.4 Å². The first-order valence-corrected chi connectivity index (χ1v) is 16.0. The molecule has 0 spiro atoms. The summed E-state index contributed by atoms with van der Waals surface area (Å²) in [7, 11) is 0. The molecule has 3 amide bonds. The quantitative estimate of drug-likeness (QED) is 0.368. The number of carbonyl (C=O) groups is 4. The molecule has 2 fully saturated rings. The first-order chi connectivity index (χ1) is 21.5. The Labute approximate surface area is 265 Å². The van der Waals surface area contributed by atoms with E-state index in [1.54, 1.807) is 43.6 Å². The van der Waals surface area contributed by atoms with E-state index in [4.69, 9.17) is 14.5 Å². The zero-order valence-corrected chi connectivity index (χ0v) is 26.8. The summed E-state index contributed by atoms with van der Waals surface area (Å²) in [6.07, 6.45) is 5.09. The second-order valence-corrected chi connectivity index (χ2v) is 12.5. The minimum absolute atomic E-state index is 0.0430. The van der Waals surface area contributed by atoms with Crippen molar-refractivity contribution in [2.45, 2.75) is 90.3 Å². The largest absolute Gasteiger partial charge is 0.460 e. The second-order valence-electron chi connectivity index (χ2n) is 12.5. The molecule has 1 saturated carbocycles. The van der Waals surface area contributed by atoms with Crippen molar-refractivity contribution >= 4 is 29.7 Å². The maximum absolute atomic E-state index is 13.8. The van der Waals surface area contributed by atoms with Crippen molar-refractivity contribution in [1.29, 1.82) is 0 Å². The number of esters is 1. The summed E-state index contributed by atoms with van der Waals surface area (Å²) in [5.74, 6) is -0.405. The normalized spacial score (nSPS) is 16.4. The van der Waals surface area contributed by atoms with Crippen LogP contribution in [0.15, 0.2) is 36.4 Å². The first-order valence-electron chi connectivity index (χ1n) is 16.0. The van der Waals surface area contributed by atoms with E-state index in [1.807, 2.05) is 30.3 Å². The molecule has 2 aliphatic rings. The van der Waals surface area contributed by atoms with Crippen molar-refractivity contribution in [2.75, 3.05) is 38.1 Å². The van der Waals surface area contributed by atoms with Gasteiger partial charge in [0.1, 0.15) is 23.2 Å². The van der Waals surface area contributed by atoms with E-state index in [0.717, 1.165) is 31.2 Å². The lowest BCUT2D eigenvalue weighted by Crippen LogP contribution is -2.56. The number of anilines is 1. The smallest absolute Gasteiger partial charge is 0.409 e. The molecule has 1 atom stereocenters. The molecule has 12 heteroatoms. The van der Waals surface area contributed by atoms with Crippen LogP contribution < -0.4 is 10.6 Å². The van der Waals surface area contributed by atoms with Crippen molar-refractivity contribution in [3.63, 3.8) is 0 Å². The average Bonchev–Trinajstić information content (AvgIpc) is 3.02. The lowest BCUT2D eigenvalue weighted by atomic mass is 9.95. The minimum atomic E-state index is -1.01. The summed E-state index contributed by atoms with van der Waals surface area (Å²) < 4.78 is 10.5. The molecule has 0 bridgehead atoms. The molecule has 1 aliphatic carbocycles. The number of piperazine rings is 1. The summed E-state index contributed by atoms with van der Waals surface area (Å²) in [6, 6.07) is 10.3. The number of rotatable bonds is 10. The molecule has 1 aliphatic heterocycles. The van der Waals surface area contributed by atoms with Gasteiger partial charge in [-0.1, -0.05) is 49.6 Å². The number of carbonyl (C=O) groups excluding carboxylic acids is 4. The summed E-state index contributed by atoms with van der Waals surface area (Å²) in [4.78, 5) is 64.7. The zero-order chi connectivity index (χ0) is 32.4. The Morgan fingerprint density at radius 3 is 2.27 bits per heavy atom. The predicted octanol–water partition coefficient (Wildman–Crippen LogP) is 4.41. The Morgan fingerprint density at radius 1 is 0.956 bits per heavy atom. The van der Waals surface area contributed by atoms with Crippen LogP contribution in [0.5, 0.6) is 0 Å². The summed E-state index contributed by atoms with van der Waals surface area (Å²) >= 11 is 0. The van der Waals surface area contributed by atoms with E-state index in [1.165, 1.54) is 6.42 Å². The van der Waals surface area contributed by atoms with Gasteiger partial charge >= 0.3 is 12.1 Å². The molecule has 12 nitrogen and oxygen atoms in total. The van der Waals surface area contributed by atoms with Gasteiger partial charge in [0.2, 0.25) is 5.91 Å². The number of benzene rings is 1. The van der Waals surface area contributed by atoms with Gasteiger partial charge in [0.25, 0.3) is 5.91 Å². The lowest BCUT2D eigenvalue weighted by Gasteiger charge is -2.36. The maximum atomic E-state index is 13.8. The predicted molar refractivity (Wildman–Crippen MR) is 169 cm³/mol. The number of amides is 3. The molecule has 244 valence electrons. The van der Waals surface area contributed by atoms with Gasteiger partial charge in [-0.05, 0) is 47.0 Å². The van der Waals surface area contributed by atoms with Gasteiger partial charge in [0.15, 0.2) is 5.82 Å². The van der Waals surface area contributed by atoms with E-state index < -0.39 is 29.6 Å². The van der Waals surface area contributed by atoms with Crippen molar-refractivity contribution in [3.05, 3.63) is 42.1 Å². The van der Waals surface area contributed by atoms with Crippen molar-refractivity contribution < 1.29 is 28.7 Å². The summed E-state index contributed by atoms with van der Waals surface area (Å²) in [5.41, 5.74) is 0.194. The minimum Gasteiger partial charge on any atom is -0.460 e. The second kappa shape index (κ2) is 15.7. The molecule has 45 heavy (non-hydrogen) atoms. The molecular weight excluding hydrogens is 576 g/mol. The van der Waals surface area contributed by atoms with Crippen LogP contribution in [0.4, 0.5) is 10.6 Å². The molecule has 2 aromatic rings. The van der Waals surface area contributed by atoms with E-state index >= 15 is 0 Å². The number of nitrogens with zero attached hydrogens (tertiary/aromatic N) is 4. The average molecular weight is 623 g/mol. The SMILES string of the molecule is CCOC(=O)N1CCN(C(=O)[C@H](CCC(=O)OC(C)(C)C)NC(=O)c2cc(NC3CCCCC3)nc(-c3ccccc3)n2)CC1. The Morgan fingerprint density at radius 2 is 1.62 bits per heavy atom. The van der Waals surface area contributed by atoms with Crippen molar-refractivity contribution in [2.24, 2.45) is 0 Å². The zero-order valence-electron chi connectivity index (χ0n) is 26.8. The Bertz CT molecular complexity index is 1320. The van der Waals surface area contributed by atoms with Crippen LogP contribution in [0.25, 0.3) is 11.4 Å². The third-order valence-electron chi connectivity index (χ3n) is 7.73. The first kappa shape index (κ1) is 33.7. The standard InChI is InChI=1S/C33H46N6O6/c1-5-44-32(43)39-20-18-38(19-21-39)31(42)25(16-17-28(40)45-33(2,3)4)36-30(41)26-22-27(34-24-14-10-7-11-15-24)37-29(35-26)23-12-8-6-9-13-23/h6,8-9,12-13,22,24-25H,5,7,10-11,14-21H2,1-4H3,(H,36,41)(H,34,35,37)/t25-/m0/s1. The number of hydrogen-bond donors (Lipinski definition) is 2. The third kappa shape index (κ3) is 10.2. The van der Waals surface area contributed by atoms with Gasteiger partial charge < -0.3 is 29.9 Å². The molecule has 2 heterocycles. The van der Waals surface area contributed by atoms with Crippen LogP contribution in [0.3, 0.4) is 0 Å². The van der Waals surface area contributed by atoms with Crippen LogP contribution in [-0.4, -0.2) is 94.1 Å². The van der Waals surface area contributed by atoms with Gasteiger partial charge in [0.05, 0.1) is 6.61 Å². The van der Waals surface area contributed by atoms with Gasteiger partial charge in [-0.2, -0.15) is 0 Å². The van der Waals surface area contributed by atoms with E-state index in [0.29, 0.717) is 24.7 Å². The Hall–Kier alpha value is -4.22. The molecule has 1 saturated heterocycles. The molecule has 1 aromatic carbocycles. The molecule has 0 radical (unpaired) electrons. The highest BCUT2D eigenvalue weighted by molar-refractivity contribution is 5.97. The van der Waals surface area contributed by atoms with Gasteiger partial charge in [-0.15, -0.1) is 0 Å². The van der Waals surface area contributed by atoms with Gasteiger partial charge in [-0.25, -0.2) is 14.8 Å². The fourth-order valence-electron chi connectivity index (χ4n) is 5.50. The number of hydrogen-bond acceptors (Lipinski definition) is 9. The molecular formula is C33H46N6O6. The number of aromatic nitrogens is 2. The summed E-state index contributed by atoms with van der Waals surface area (Å²) in [5, 5.41) is 6.34. The summed E-state index contributed by atoms with van der Waals surface area (Å²) in [6.45, 7) is 8.49. The highest BCUT2D eigenvalue weighted by Crippen LogP contribution is 2.24. The lowest BCUT2D eigenvalue weighted by molar-refractivity contribution is -0.155. The van der Waals surface area contributed by atoms with E-state index in [-0.39, 0.29) is 50.2 Å². The third-order valence-corrected chi connectivity index (χ3v) is 7.73. The van der Waals surface area contributed by atoms with E-state index in [2.05, 4.69) is 15.6 Å². The topological polar surface area (TPSA) is 143 Å². The van der Waals surface area contributed by atoms with Crippen molar-refractivity contribution in [1.82, 2.24) is 25.1 Å². The van der Waals surface area contributed by atoms with Crippen LogP contribution in [0, 0.1) is 0 Å². The number of nitrogens with one attached hydrogen (secondary N) is 2. The van der Waals surface area contributed by atoms with Crippen LogP contribution in [-0.2, 0) is 19.1 Å². The van der Waals surface area contributed by atoms with E-state index in [9.17, 15) is 19.2 Å². The molecule has 1 aromatic heterocycles.